The van der Waals surface area contributed by atoms with Crippen molar-refractivity contribution in [3.63, 3.8) is 0 Å². The topological polar surface area (TPSA) is 29.5 Å². The fourth-order valence-electron chi connectivity index (χ4n) is 1.51. The molecule has 0 aromatic heterocycles. The average molecular weight is 194 g/mol. The van der Waals surface area contributed by atoms with Crippen molar-refractivity contribution in [2.75, 3.05) is 13.2 Å². The van der Waals surface area contributed by atoms with Crippen LogP contribution in [0.4, 0.5) is 0 Å². The fraction of sp³-hybridized carbons (Fsp3) is 0.500. The van der Waals surface area contributed by atoms with Crippen molar-refractivity contribution in [3.05, 3.63) is 28.8 Å². The molecule has 0 heterocycles. The minimum atomic E-state index is 0.169. The van der Waals surface area contributed by atoms with Gasteiger partial charge in [-0.3, -0.25) is 0 Å². The summed E-state index contributed by atoms with van der Waals surface area (Å²) in [5.74, 6) is 0.946. The molecular weight excluding hydrogens is 176 g/mol. The zero-order valence-electron chi connectivity index (χ0n) is 9.13. The number of ether oxygens (including phenoxy) is 1. The Hall–Kier alpha value is -1.02. The van der Waals surface area contributed by atoms with Crippen molar-refractivity contribution in [1.82, 2.24) is 0 Å². The molecule has 14 heavy (non-hydrogen) atoms. The van der Waals surface area contributed by atoms with Crippen molar-refractivity contribution in [1.29, 1.82) is 0 Å². The van der Waals surface area contributed by atoms with E-state index < -0.39 is 0 Å². The smallest absolute Gasteiger partial charge is 0.125 e. The third-order valence-electron chi connectivity index (χ3n) is 2.43. The van der Waals surface area contributed by atoms with Gasteiger partial charge < -0.3 is 9.84 Å². The molecule has 0 aliphatic rings. The Bertz CT molecular complexity index is 305. The third kappa shape index (κ3) is 2.26. The Morgan fingerprint density at radius 3 is 2.57 bits per heavy atom. The van der Waals surface area contributed by atoms with Crippen LogP contribution in [0.3, 0.4) is 0 Å². The van der Waals surface area contributed by atoms with Crippen LogP contribution in [0.15, 0.2) is 12.1 Å². The van der Waals surface area contributed by atoms with E-state index in [9.17, 15) is 0 Å². The fourth-order valence-corrected chi connectivity index (χ4v) is 1.51. The van der Waals surface area contributed by atoms with E-state index in [0.29, 0.717) is 13.0 Å². The second kappa shape index (κ2) is 5.01. The van der Waals surface area contributed by atoms with Crippen LogP contribution in [0, 0.1) is 13.8 Å². The highest BCUT2D eigenvalue weighted by Crippen LogP contribution is 2.26. The number of aliphatic hydroxyl groups excluding tert-OH is 1. The summed E-state index contributed by atoms with van der Waals surface area (Å²) in [5.41, 5.74) is 3.50. The summed E-state index contributed by atoms with van der Waals surface area (Å²) in [7, 11) is 0. The van der Waals surface area contributed by atoms with E-state index in [0.717, 1.165) is 11.3 Å². The Morgan fingerprint density at radius 2 is 2.00 bits per heavy atom. The van der Waals surface area contributed by atoms with Crippen LogP contribution in [-0.4, -0.2) is 18.3 Å². The largest absolute Gasteiger partial charge is 0.493 e. The summed E-state index contributed by atoms with van der Waals surface area (Å²) in [6, 6.07) is 4.10. The zero-order chi connectivity index (χ0) is 10.6. The number of hydrogen-bond donors (Lipinski definition) is 1. The van der Waals surface area contributed by atoms with Gasteiger partial charge in [0.15, 0.2) is 0 Å². The first kappa shape index (κ1) is 11.1. The summed E-state index contributed by atoms with van der Waals surface area (Å²) in [6.07, 6.45) is 0.663. The van der Waals surface area contributed by atoms with Gasteiger partial charge in [-0.1, -0.05) is 12.1 Å². The number of aryl methyl sites for hydroxylation is 1. The van der Waals surface area contributed by atoms with Crippen molar-refractivity contribution >= 4 is 0 Å². The molecule has 0 bridgehead atoms. The highest BCUT2D eigenvalue weighted by molar-refractivity contribution is 5.45. The lowest BCUT2D eigenvalue weighted by Gasteiger charge is -2.14. The van der Waals surface area contributed by atoms with Gasteiger partial charge in [-0.2, -0.15) is 0 Å². The van der Waals surface area contributed by atoms with Crippen molar-refractivity contribution in [3.8, 4) is 5.75 Å². The Kier molecular flexibility index (Phi) is 3.96. The summed E-state index contributed by atoms with van der Waals surface area (Å²) >= 11 is 0. The molecule has 0 amide bonds. The average Bonchev–Trinajstić information content (AvgIpc) is 2.18. The van der Waals surface area contributed by atoms with Crippen molar-refractivity contribution in [2.45, 2.75) is 27.2 Å². The number of benzene rings is 1. The monoisotopic (exact) mass is 194 g/mol. The summed E-state index contributed by atoms with van der Waals surface area (Å²) in [6.45, 7) is 6.94. The quantitative estimate of drug-likeness (QED) is 0.796. The predicted molar refractivity (Wildman–Crippen MR) is 57.9 cm³/mol. The normalized spacial score (nSPS) is 10.3. The third-order valence-corrected chi connectivity index (χ3v) is 2.43. The maximum atomic E-state index is 8.92. The van der Waals surface area contributed by atoms with Gasteiger partial charge in [0.05, 0.1) is 6.61 Å². The highest BCUT2D eigenvalue weighted by atomic mass is 16.5. The second-order valence-corrected chi connectivity index (χ2v) is 3.40. The maximum absolute atomic E-state index is 8.92. The van der Waals surface area contributed by atoms with Crippen LogP contribution in [0.1, 0.15) is 23.6 Å². The van der Waals surface area contributed by atoms with Crippen LogP contribution in [-0.2, 0) is 6.42 Å². The molecule has 0 unspecified atom stereocenters. The molecule has 0 aliphatic heterocycles. The molecule has 1 aromatic rings. The van der Waals surface area contributed by atoms with Gasteiger partial charge in [0.1, 0.15) is 5.75 Å². The number of rotatable bonds is 4. The first-order chi connectivity index (χ1) is 6.70. The van der Waals surface area contributed by atoms with E-state index in [1.54, 1.807) is 0 Å². The predicted octanol–water partition coefficient (Wildman–Crippen LogP) is 2.24. The zero-order valence-corrected chi connectivity index (χ0v) is 9.13. The molecule has 0 spiro atoms. The van der Waals surface area contributed by atoms with E-state index >= 15 is 0 Å². The van der Waals surface area contributed by atoms with Crippen molar-refractivity contribution < 1.29 is 9.84 Å². The van der Waals surface area contributed by atoms with Gasteiger partial charge in [-0.15, -0.1) is 0 Å². The van der Waals surface area contributed by atoms with Crippen molar-refractivity contribution in [2.24, 2.45) is 0 Å². The highest BCUT2D eigenvalue weighted by Gasteiger charge is 2.08. The maximum Gasteiger partial charge on any atom is 0.125 e. The molecule has 1 rings (SSSR count). The lowest BCUT2D eigenvalue weighted by atomic mass is 10.0. The van der Waals surface area contributed by atoms with E-state index in [1.807, 2.05) is 13.0 Å². The minimum absolute atomic E-state index is 0.169. The lowest BCUT2D eigenvalue weighted by molar-refractivity contribution is 0.292. The van der Waals surface area contributed by atoms with E-state index in [-0.39, 0.29) is 6.61 Å². The SMILES string of the molecule is CCOc1c(CCO)ccc(C)c1C. The van der Waals surface area contributed by atoms with Crippen LogP contribution >= 0.6 is 0 Å². The number of aliphatic hydroxyl groups is 1. The van der Waals surface area contributed by atoms with Gasteiger partial charge in [0.2, 0.25) is 0 Å². The molecule has 0 radical (unpaired) electrons. The Morgan fingerprint density at radius 1 is 1.29 bits per heavy atom. The molecule has 1 N–H and O–H groups in total. The molecule has 2 heteroatoms. The van der Waals surface area contributed by atoms with Gasteiger partial charge in [0.25, 0.3) is 0 Å². The Balaban J connectivity index is 3.08. The van der Waals surface area contributed by atoms with Crippen LogP contribution < -0.4 is 4.74 Å². The lowest BCUT2D eigenvalue weighted by Crippen LogP contribution is -2.02. The van der Waals surface area contributed by atoms with Gasteiger partial charge >= 0.3 is 0 Å². The molecule has 0 atom stereocenters. The second-order valence-electron chi connectivity index (χ2n) is 3.40. The molecule has 0 saturated heterocycles. The van der Waals surface area contributed by atoms with E-state index in [4.69, 9.17) is 9.84 Å². The van der Waals surface area contributed by atoms with Gasteiger partial charge in [-0.25, -0.2) is 0 Å². The summed E-state index contributed by atoms with van der Waals surface area (Å²) in [5, 5.41) is 8.92. The van der Waals surface area contributed by atoms with Crippen LogP contribution in [0.5, 0.6) is 5.75 Å². The first-order valence-electron chi connectivity index (χ1n) is 5.03. The molecule has 0 aliphatic carbocycles. The molecular formula is C12H18O2. The molecule has 1 aromatic carbocycles. The molecule has 0 fully saturated rings. The van der Waals surface area contributed by atoms with E-state index in [1.165, 1.54) is 11.1 Å². The van der Waals surface area contributed by atoms with Gasteiger partial charge in [0, 0.05) is 6.61 Å². The first-order valence-corrected chi connectivity index (χ1v) is 5.03. The van der Waals surface area contributed by atoms with E-state index in [2.05, 4.69) is 19.9 Å². The van der Waals surface area contributed by atoms with Gasteiger partial charge in [-0.05, 0) is 43.9 Å². The van der Waals surface area contributed by atoms with Crippen LogP contribution in [0.25, 0.3) is 0 Å². The van der Waals surface area contributed by atoms with Crippen LogP contribution in [0.2, 0.25) is 0 Å². The Labute approximate surface area is 85.5 Å². The molecule has 78 valence electrons. The molecule has 2 nitrogen and oxygen atoms in total. The minimum Gasteiger partial charge on any atom is -0.493 e. The standard InChI is InChI=1S/C12H18O2/c1-4-14-12-10(3)9(2)5-6-11(12)7-8-13/h5-6,13H,4,7-8H2,1-3H3. The number of hydrogen-bond acceptors (Lipinski definition) is 2. The summed E-state index contributed by atoms with van der Waals surface area (Å²) < 4.78 is 5.59. The molecule has 0 saturated carbocycles. The summed E-state index contributed by atoms with van der Waals surface area (Å²) in [4.78, 5) is 0.